The van der Waals surface area contributed by atoms with E-state index in [2.05, 4.69) is 71.1 Å². The lowest BCUT2D eigenvalue weighted by Gasteiger charge is -2.20. The molecule has 0 amide bonds. The summed E-state index contributed by atoms with van der Waals surface area (Å²) >= 11 is 13.4. The fourth-order valence-electron chi connectivity index (χ4n) is 6.77. The summed E-state index contributed by atoms with van der Waals surface area (Å²) < 4.78 is 7.91. The van der Waals surface area contributed by atoms with Gasteiger partial charge in [-0.05, 0) is 69.0 Å². The van der Waals surface area contributed by atoms with Gasteiger partial charge in [-0.25, -0.2) is 15.0 Å². The van der Waals surface area contributed by atoms with Crippen LogP contribution in [0.15, 0.2) is 45.3 Å². The molecule has 2 aliphatic rings. The van der Waals surface area contributed by atoms with Crippen LogP contribution in [-0.4, -0.2) is 36.5 Å². The molecular weight excluding hydrogens is 716 g/mol. The van der Waals surface area contributed by atoms with Gasteiger partial charge in [-0.1, -0.05) is 89.4 Å². The SMILES string of the molecule is C.CCOc1nc(C2CCCCC2)nc2c1[nH]c1cc(Br)ccc12.Clc1nc(C2CCCCC2)nc2c1[nH]c1cc(Br)ccc12. The Morgan fingerprint density at radius 2 is 1.20 bits per heavy atom. The Hall–Kier alpha value is -2.75. The van der Waals surface area contributed by atoms with Crippen LogP contribution in [0.5, 0.6) is 5.88 Å². The van der Waals surface area contributed by atoms with Gasteiger partial charge in [-0.15, -0.1) is 0 Å². The van der Waals surface area contributed by atoms with E-state index in [0.717, 1.165) is 64.5 Å². The van der Waals surface area contributed by atoms with Crippen molar-refractivity contribution < 1.29 is 4.74 Å². The van der Waals surface area contributed by atoms with E-state index in [1.54, 1.807) is 0 Å². The van der Waals surface area contributed by atoms with Crippen molar-refractivity contribution in [2.24, 2.45) is 0 Å². The molecule has 6 aromatic rings. The van der Waals surface area contributed by atoms with Crippen molar-refractivity contribution in [2.45, 2.75) is 90.4 Å². The van der Waals surface area contributed by atoms with E-state index in [-0.39, 0.29) is 7.43 Å². The highest BCUT2D eigenvalue weighted by Crippen LogP contribution is 2.37. The molecule has 8 rings (SSSR count). The highest BCUT2D eigenvalue weighted by atomic mass is 79.9. The third-order valence-electron chi connectivity index (χ3n) is 8.99. The predicted molar refractivity (Wildman–Crippen MR) is 193 cm³/mol. The van der Waals surface area contributed by atoms with Crippen molar-refractivity contribution >= 4 is 87.3 Å². The summed E-state index contributed by atoms with van der Waals surface area (Å²) in [6.45, 7) is 2.60. The van der Waals surface area contributed by atoms with E-state index in [1.807, 2.05) is 19.1 Å². The van der Waals surface area contributed by atoms with Gasteiger partial charge in [0.05, 0.1) is 6.61 Å². The maximum absolute atomic E-state index is 6.40. The summed E-state index contributed by atoms with van der Waals surface area (Å²) in [5, 5.41) is 2.77. The first kappa shape index (κ1) is 32.2. The smallest absolute Gasteiger partial charge is 0.241 e. The second-order valence-corrected chi connectivity index (χ2v) is 14.1. The number of hydrogen-bond acceptors (Lipinski definition) is 5. The minimum atomic E-state index is 0. The molecule has 0 bridgehead atoms. The Bertz CT molecular complexity index is 1960. The van der Waals surface area contributed by atoms with Crippen molar-refractivity contribution in [3.8, 4) is 5.88 Å². The van der Waals surface area contributed by atoms with Crippen LogP contribution < -0.4 is 4.74 Å². The second kappa shape index (κ2) is 13.9. The molecule has 7 nitrogen and oxygen atoms in total. The molecule has 0 atom stereocenters. The number of ether oxygens (including phenoxy) is 1. The Labute approximate surface area is 285 Å². The molecule has 2 aromatic carbocycles. The summed E-state index contributed by atoms with van der Waals surface area (Å²) in [7, 11) is 0. The van der Waals surface area contributed by atoms with Crippen LogP contribution in [0.2, 0.25) is 5.15 Å². The second-order valence-electron chi connectivity index (χ2n) is 11.9. The topological polar surface area (TPSA) is 92.4 Å². The van der Waals surface area contributed by atoms with E-state index in [4.69, 9.17) is 31.3 Å². The lowest BCUT2D eigenvalue weighted by Crippen LogP contribution is -2.10. The number of aromatic nitrogens is 6. The number of nitrogens with one attached hydrogen (secondary N) is 2. The fourth-order valence-corrected chi connectivity index (χ4v) is 7.72. The van der Waals surface area contributed by atoms with E-state index in [0.29, 0.717) is 29.5 Å². The van der Waals surface area contributed by atoms with Crippen LogP contribution in [0.1, 0.15) is 102 Å². The van der Waals surface area contributed by atoms with Crippen LogP contribution >= 0.6 is 43.5 Å². The van der Waals surface area contributed by atoms with Gasteiger partial charge in [0, 0.05) is 42.6 Å². The zero-order chi connectivity index (χ0) is 30.2. The minimum Gasteiger partial charge on any atom is -0.476 e. The maximum Gasteiger partial charge on any atom is 0.241 e. The normalized spacial score (nSPS) is 16.2. The standard InChI is InChI=1S/C18H20BrN3O.C16H15BrClN3.CH4/c1-2-23-18-16-15(13-9-8-12(19)10-14(13)20-16)21-17(22-18)11-6-4-3-5-7-11;17-10-6-7-11-12(8-10)19-14-13(11)20-16(21-15(14)18)9-4-2-1-3-5-9;/h8-11,20H,2-7H2,1H3;6-9,19H,1-5H2;1H4. The number of nitrogens with zero attached hydrogens (tertiary/aromatic N) is 4. The first-order chi connectivity index (χ1) is 21.5. The van der Waals surface area contributed by atoms with Crippen LogP contribution in [0.3, 0.4) is 0 Å². The molecule has 2 aliphatic carbocycles. The van der Waals surface area contributed by atoms with Gasteiger partial charge in [0.25, 0.3) is 0 Å². The Morgan fingerprint density at radius 1 is 0.711 bits per heavy atom. The number of fused-ring (bicyclic) bond motifs is 6. The van der Waals surface area contributed by atoms with Gasteiger partial charge in [0.2, 0.25) is 5.88 Å². The molecular formula is C35H39Br2ClN6O. The zero-order valence-corrected chi connectivity index (χ0v) is 28.7. The van der Waals surface area contributed by atoms with Crippen LogP contribution in [0.25, 0.3) is 43.9 Å². The number of halogens is 3. The van der Waals surface area contributed by atoms with E-state index >= 15 is 0 Å². The molecule has 4 heterocycles. The zero-order valence-electron chi connectivity index (χ0n) is 24.7. The van der Waals surface area contributed by atoms with E-state index in [1.165, 1.54) is 64.2 Å². The monoisotopic (exact) mass is 752 g/mol. The summed E-state index contributed by atoms with van der Waals surface area (Å²) in [6.07, 6.45) is 12.5. The summed E-state index contributed by atoms with van der Waals surface area (Å²) in [4.78, 5) is 25.8. The first-order valence-corrected chi connectivity index (χ1v) is 17.7. The lowest BCUT2D eigenvalue weighted by molar-refractivity contribution is 0.326. The van der Waals surface area contributed by atoms with Gasteiger partial charge in [0.15, 0.2) is 5.15 Å². The molecule has 2 N–H and O–H groups in total. The molecule has 0 spiro atoms. The van der Waals surface area contributed by atoms with Crippen LogP contribution in [-0.2, 0) is 0 Å². The largest absolute Gasteiger partial charge is 0.476 e. The van der Waals surface area contributed by atoms with Gasteiger partial charge in [-0.2, -0.15) is 4.98 Å². The quantitative estimate of drug-likeness (QED) is 0.175. The van der Waals surface area contributed by atoms with Gasteiger partial charge in [0.1, 0.15) is 33.7 Å². The molecule has 10 heteroatoms. The highest BCUT2D eigenvalue weighted by Gasteiger charge is 2.23. The highest BCUT2D eigenvalue weighted by molar-refractivity contribution is 9.10. The first-order valence-electron chi connectivity index (χ1n) is 15.7. The number of hydrogen-bond donors (Lipinski definition) is 2. The minimum absolute atomic E-state index is 0. The van der Waals surface area contributed by atoms with E-state index in [9.17, 15) is 0 Å². The molecule has 4 aromatic heterocycles. The number of rotatable bonds is 4. The van der Waals surface area contributed by atoms with Gasteiger partial charge in [-0.3, -0.25) is 0 Å². The molecule has 2 saturated carbocycles. The van der Waals surface area contributed by atoms with Crippen LogP contribution in [0, 0.1) is 0 Å². The van der Waals surface area contributed by atoms with Crippen molar-refractivity contribution in [1.29, 1.82) is 0 Å². The molecule has 0 aliphatic heterocycles. The molecule has 0 radical (unpaired) electrons. The third-order valence-corrected chi connectivity index (χ3v) is 10.2. The Balaban J connectivity index is 0.000000156. The summed E-state index contributed by atoms with van der Waals surface area (Å²) in [5.74, 6) is 3.47. The van der Waals surface area contributed by atoms with Crippen molar-refractivity contribution in [3.05, 3.63) is 62.1 Å². The summed E-state index contributed by atoms with van der Waals surface area (Å²) in [5.41, 5.74) is 5.76. The van der Waals surface area contributed by atoms with Crippen molar-refractivity contribution in [3.63, 3.8) is 0 Å². The van der Waals surface area contributed by atoms with Gasteiger partial charge < -0.3 is 14.7 Å². The maximum atomic E-state index is 6.40. The number of aromatic amines is 2. The lowest BCUT2D eigenvalue weighted by atomic mass is 9.88. The molecule has 45 heavy (non-hydrogen) atoms. The summed E-state index contributed by atoms with van der Waals surface area (Å²) in [6, 6.07) is 12.4. The third kappa shape index (κ3) is 6.58. The van der Waals surface area contributed by atoms with Gasteiger partial charge >= 0.3 is 0 Å². The molecule has 2 fully saturated rings. The van der Waals surface area contributed by atoms with E-state index < -0.39 is 0 Å². The number of benzene rings is 2. The molecule has 0 saturated heterocycles. The Morgan fingerprint density at radius 3 is 1.73 bits per heavy atom. The van der Waals surface area contributed by atoms with Crippen molar-refractivity contribution in [1.82, 2.24) is 29.9 Å². The molecule has 0 unspecified atom stereocenters. The average molecular weight is 755 g/mol. The molecule has 236 valence electrons. The average Bonchev–Trinajstić information content (AvgIpc) is 3.60. The number of H-pyrrole nitrogens is 2. The predicted octanol–water partition coefficient (Wildman–Crippen LogP) is 11.5. The fraction of sp³-hybridized carbons (Fsp3) is 0.429. The van der Waals surface area contributed by atoms with Crippen LogP contribution in [0.4, 0.5) is 0 Å². The van der Waals surface area contributed by atoms with Crippen molar-refractivity contribution in [2.75, 3.05) is 6.61 Å². The Kier molecular flexibility index (Phi) is 9.97.